The highest BCUT2D eigenvalue weighted by molar-refractivity contribution is 5.70. The lowest BCUT2D eigenvalue weighted by atomic mass is 9.96. The molecular weight excluding hydrogens is 218 g/mol. The molecule has 0 aromatic heterocycles. The first-order valence-electron chi connectivity index (χ1n) is 6.56. The van der Waals surface area contributed by atoms with Gasteiger partial charge >= 0.3 is 5.97 Å². The molecule has 0 bridgehead atoms. The van der Waals surface area contributed by atoms with Crippen LogP contribution in [-0.4, -0.2) is 36.4 Å². The van der Waals surface area contributed by atoms with Gasteiger partial charge in [0.1, 0.15) is 0 Å². The molecule has 0 radical (unpaired) electrons. The van der Waals surface area contributed by atoms with Crippen LogP contribution < -0.4 is 5.32 Å². The second kappa shape index (κ2) is 6.97. The Morgan fingerprint density at radius 1 is 1.53 bits per heavy atom. The Morgan fingerprint density at radius 2 is 2.24 bits per heavy atom. The van der Waals surface area contributed by atoms with Crippen molar-refractivity contribution < 1.29 is 14.6 Å². The summed E-state index contributed by atoms with van der Waals surface area (Å²) < 4.78 is 5.47. The Bertz CT molecular complexity index is 243. The molecule has 1 saturated heterocycles. The van der Waals surface area contributed by atoms with Crippen molar-refractivity contribution in [3.8, 4) is 0 Å². The van der Waals surface area contributed by atoms with E-state index in [1.54, 1.807) is 0 Å². The predicted octanol–water partition coefficient (Wildman–Crippen LogP) is 1.89. The van der Waals surface area contributed by atoms with Crippen LogP contribution in [0.1, 0.15) is 40.0 Å². The Balaban J connectivity index is 2.32. The SMILES string of the molecule is CC(C)CC(CNC1CCOC(C)C1)C(=O)O. The summed E-state index contributed by atoms with van der Waals surface area (Å²) in [5, 5.41) is 12.5. The Hall–Kier alpha value is -0.610. The standard InChI is InChI=1S/C13H25NO3/c1-9(2)6-11(13(15)16)8-14-12-4-5-17-10(3)7-12/h9-12,14H,4-8H2,1-3H3,(H,15,16). The zero-order valence-corrected chi connectivity index (χ0v) is 11.1. The zero-order chi connectivity index (χ0) is 12.8. The highest BCUT2D eigenvalue weighted by Crippen LogP contribution is 2.15. The molecule has 0 saturated carbocycles. The molecule has 1 rings (SSSR count). The summed E-state index contributed by atoms with van der Waals surface area (Å²) in [6, 6.07) is 0.410. The minimum Gasteiger partial charge on any atom is -0.481 e. The molecule has 3 unspecified atom stereocenters. The first-order valence-corrected chi connectivity index (χ1v) is 6.56. The molecule has 4 nitrogen and oxygen atoms in total. The molecular formula is C13H25NO3. The maximum absolute atomic E-state index is 11.1. The summed E-state index contributed by atoms with van der Waals surface area (Å²) in [5.74, 6) is -0.536. The van der Waals surface area contributed by atoms with Crippen molar-refractivity contribution in [3.63, 3.8) is 0 Å². The Labute approximate surface area is 104 Å². The largest absolute Gasteiger partial charge is 0.481 e. The van der Waals surface area contributed by atoms with Crippen molar-refractivity contribution in [2.75, 3.05) is 13.2 Å². The molecule has 1 aliphatic heterocycles. The van der Waals surface area contributed by atoms with Gasteiger partial charge in [-0.05, 0) is 32.1 Å². The number of carboxylic acid groups (broad SMARTS) is 1. The fraction of sp³-hybridized carbons (Fsp3) is 0.923. The van der Waals surface area contributed by atoms with E-state index in [-0.39, 0.29) is 12.0 Å². The van der Waals surface area contributed by atoms with Gasteiger partial charge in [0.15, 0.2) is 0 Å². The number of aliphatic carboxylic acids is 1. The van der Waals surface area contributed by atoms with Crippen LogP contribution in [0.15, 0.2) is 0 Å². The van der Waals surface area contributed by atoms with E-state index in [4.69, 9.17) is 9.84 Å². The van der Waals surface area contributed by atoms with E-state index in [0.717, 1.165) is 25.9 Å². The minimum absolute atomic E-state index is 0.270. The maximum Gasteiger partial charge on any atom is 0.307 e. The fourth-order valence-corrected chi connectivity index (χ4v) is 2.33. The van der Waals surface area contributed by atoms with E-state index < -0.39 is 5.97 Å². The van der Waals surface area contributed by atoms with Crippen molar-refractivity contribution in [1.82, 2.24) is 5.32 Å². The van der Waals surface area contributed by atoms with Gasteiger partial charge in [-0.1, -0.05) is 13.8 Å². The van der Waals surface area contributed by atoms with Gasteiger partial charge < -0.3 is 15.2 Å². The predicted molar refractivity (Wildman–Crippen MR) is 67.0 cm³/mol. The molecule has 3 atom stereocenters. The van der Waals surface area contributed by atoms with E-state index in [9.17, 15) is 4.79 Å². The van der Waals surface area contributed by atoms with E-state index in [0.29, 0.717) is 18.5 Å². The van der Waals surface area contributed by atoms with Gasteiger partial charge in [-0.3, -0.25) is 4.79 Å². The van der Waals surface area contributed by atoms with Crippen LogP contribution >= 0.6 is 0 Å². The molecule has 1 heterocycles. The lowest BCUT2D eigenvalue weighted by Crippen LogP contribution is -2.41. The summed E-state index contributed by atoms with van der Waals surface area (Å²) in [7, 11) is 0. The van der Waals surface area contributed by atoms with Crippen LogP contribution in [0.25, 0.3) is 0 Å². The fourth-order valence-electron chi connectivity index (χ4n) is 2.33. The second-order valence-corrected chi connectivity index (χ2v) is 5.48. The summed E-state index contributed by atoms with van der Waals surface area (Å²) in [4.78, 5) is 11.1. The number of nitrogens with one attached hydrogen (secondary N) is 1. The van der Waals surface area contributed by atoms with Crippen LogP contribution in [-0.2, 0) is 9.53 Å². The number of ether oxygens (including phenoxy) is 1. The molecule has 0 aromatic rings. The third-order valence-corrected chi connectivity index (χ3v) is 3.24. The number of hydrogen-bond acceptors (Lipinski definition) is 3. The number of hydrogen-bond donors (Lipinski definition) is 2. The molecule has 0 spiro atoms. The number of rotatable bonds is 6. The van der Waals surface area contributed by atoms with Crippen LogP contribution in [0.5, 0.6) is 0 Å². The van der Waals surface area contributed by atoms with E-state index in [1.165, 1.54) is 0 Å². The number of carbonyl (C=O) groups is 1. The summed E-state index contributed by atoms with van der Waals surface area (Å²) >= 11 is 0. The van der Waals surface area contributed by atoms with Crippen LogP contribution in [0, 0.1) is 11.8 Å². The van der Waals surface area contributed by atoms with Crippen molar-refractivity contribution in [2.45, 2.75) is 52.2 Å². The van der Waals surface area contributed by atoms with Gasteiger partial charge in [0.05, 0.1) is 12.0 Å². The molecule has 4 heteroatoms. The van der Waals surface area contributed by atoms with Crippen molar-refractivity contribution in [3.05, 3.63) is 0 Å². The highest BCUT2D eigenvalue weighted by atomic mass is 16.5. The van der Waals surface area contributed by atoms with Crippen molar-refractivity contribution in [2.24, 2.45) is 11.8 Å². The third kappa shape index (κ3) is 5.50. The molecule has 1 aliphatic rings. The molecule has 2 N–H and O–H groups in total. The lowest BCUT2D eigenvalue weighted by molar-refractivity contribution is -0.142. The van der Waals surface area contributed by atoms with Crippen molar-refractivity contribution in [1.29, 1.82) is 0 Å². The van der Waals surface area contributed by atoms with Crippen LogP contribution in [0.2, 0.25) is 0 Å². The van der Waals surface area contributed by atoms with Crippen LogP contribution in [0.4, 0.5) is 0 Å². The monoisotopic (exact) mass is 243 g/mol. The topological polar surface area (TPSA) is 58.6 Å². The van der Waals surface area contributed by atoms with Gasteiger partial charge in [0.25, 0.3) is 0 Å². The average molecular weight is 243 g/mol. The molecule has 17 heavy (non-hydrogen) atoms. The smallest absolute Gasteiger partial charge is 0.307 e. The quantitative estimate of drug-likeness (QED) is 0.748. The lowest BCUT2D eigenvalue weighted by Gasteiger charge is -2.29. The summed E-state index contributed by atoms with van der Waals surface area (Å²) in [6.45, 7) is 7.54. The highest BCUT2D eigenvalue weighted by Gasteiger charge is 2.23. The molecule has 100 valence electrons. The van der Waals surface area contributed by atoms with Gasteiger partial charge in [0, 0.05) is 19.2 Å². The third-order valence-electron chi connectivity index (χ3n) is 3.24. The van der Waals surface area contributed by atoms with E-state index in [2.05, 4.69) is 26.1 Å². The molecule has 1 fully saturated rings. The average Bonchev–Trinajstić information content (AvgIpc) is 2.23. The van der Waals surface area contributed by atoms with Gasteiger partial charge in [-0.2, -0.15) is 0 Å². The van der Waals surface area contributed by atoms with Gasteiger partial charge in [-0.25, -0.2) is 0 Å². The first kappa shape index (κ1) is 14.5. The first-order chi connectivity index (χ1) is 7.99. The number of carboxylic acids is 1. The molecule has 0 aliphatic carbocycles. The maximum atomic E-state index is 11.1. The van der Waals surface area contributed by atoms with E-state index >= 15 is 0 Å². The van der Waals surface area contributed by atoms with Gasteiger partial charge in [0.2, 0.25) is 0 Å². The van der Waals surface area contributed by atoms with Crippen molar-refractivity contribution >= 4 is 5.97 Å². The Morgan fingerprint density at radius 3 is 2.76 bits per heavy atom. The Kier molecular flexibility index (Phi) is 5.92. The summed E-state index contributed by atoms with van der Waals surface area (Å²) in [5.41, 5.74) is 0. The van der Waals surface area contributed by atoms with Gasteiger partial charge in [-0.15, -0.1) is 0 Å². The van der Waals surface area contributed by atoms with Crippen LogP contribution in [0.3, 0.4) is 0 Å². The normalized spacial score (nSPS) is 27.1. The molecule has 0 amide bonds. The second-order valence-electron chi connectivity index (χ2n) is 5.48. The molecule has 0 aromatic carbocycles. The zero-order valence-electron chi connectivity index (χ0n) is 11.1. The van der Waals surface area contributed by atoms with E-state index in [1.807, 2.05) is 0 Å². The summed E-state index contributed by atoms with van der Waals surface area (Å²) in [6.07, 6.45) is 2.99. The minimum atomic E-state index is -0.689.